The van der Waals surface area contributed by atoms with E-state index in [2.05, 4.69) is 17.9 Å². The van der Waals surface area contributed by atoms with E-state index in [4.69, 9.17) is 5.11 Å². The number of halogens is 6. The van der Waals surface area contributed by atoms with E-state index in [1.54, 1.807) is 0 Å². The van der Waals surface area contributed by atoms with Crippen molar-refractivity contribution in [2.75, 3.05) is 0 Å². The quantitative estimate of drug-likeness (QED) is 0.366. The largest absolute Gasteiger partial charge is 0.454 e. The Kier molecular flexibility index (Phi) is 5.65. The van der Waals surface area contributed by atoms with E-state index in [-0.39, 0.29) is 11.1 Å². The number of ether oxygens (including phenoxy) is 1. The molecule has 0 rings (SSSR count). The van der Waals surface area contributed by atoms with Gasteiger partial charge in [-0.3, -0.25) is 0 Å². The third-order valence-electron chi connectivity index (χ3n) is 2.57. The molecule has 0 aromatic rings. The molecule has 0 radical (unpaired) electrons. The SMILES string of the molecule is C=C(C)C(=O)OC(CC(O)(C(F)(F)F)C(F)(F)F)C(=C)C. The van der Waals surface area contributed by atoms with Crippen LogP contribution in [0.2, 0.25) is 0 Å². The van der Waals surface area contributed by atoms with Crippen LogP contribution in [0.1, 0.15) is 20.3 Å². The van der Waals surface area contributed by atoms with Gasteiger partial charge in [-0.15, -0.1) is 0 Å². The van der Waals surface area contributed by atoms with E-state index >= 15 is 0 Å². The highest BCUT2D eigenvalue weighted by molar-refractivity contribution is 5.87. The molecule has 0 spiro atoms. The van der Waals surface area contributed by atoms with Gasteiger partial charge in [-0.2, -0.15) is 26.3 Å². The van der Waals surface area contributed by atoms with E-state index in [0.717, 1.165) is 13.8 Å². The van der Waals surface area contributed by atoms with Crippen molar-refractivity contribution in [1.82, 2.24) is 0 Å². The van der Waals surface area contributed by atoms with Gasteiger partial charge in [0, 0.05) is 12.0 Å². The van der Waals surface area contributed by atoms with E-state index in [0.29, 0.717) is 0 Å². The van der Waals surface area contributed by atoms with E-state index in [1.165, 1.54) is 0 Å². The first-order valence-electron chi connectivity index (χ1n) is 5.51. The number of hydrogen-bond acceptors (Lipinski definition) is 3. The van der Waals surface area contributed by atoms with Gasteiger partial charge in [0.05, 0.1) is 0 Å². The predicted molar refractivity (Wildman–Crippen MR) is 61.2 cm³/mol. The van der Waals surface area contributed by atoms with Gasteiger partial charge in [0.2, 0.25) is 0 Å². The van der Waals surface area contributed by atoms with Crippen molar-refractivity contribution in [3.05, 3.63) is 24.3 Å². The fourth-order valence-corrected chi connectivity index (χ4v) is 1.21. The second-order valence-electron chi connectivity index (χ2n) is 4.58. The Morgan fingerprint density at radius 3 is 1.71 bits per heavy atom. The Morgan fingerprint density at radius 2 is 1.48 bits per heavy atom. The second-order valence-corrected chi connectivity index (χ2v) is 4.58. The van der Waals surface area contributed by atoms with Gasteiger partial charge in [0.25, 0.3) is 5.60 Å². The van der Waals surface area contributed by atoms with Crippen molar-refractivity contribution in [2.24, 2.45) is 0 Å². The number of rotatable bonds is 5. The van der Waals surface area contributed by atoms with Gasteiger partial charge in [-0.1, -0.05) is 13.2 Å². The maximum Gasteiger partial charge on any atom is 0.426 e. The number of hydrogen-bond donors (Lipinski definition) is 1. The third-order valence-corrected chi connectivity index (χ3v) is 2.57. The van der Waals surface area contributed by atoms with Gasteiger partial charge < -0.3 is 9.84 Å². The average molecular weight is 320 g/mol. The van der Waals surface area contributed by atoms with E-state index in [1.807, 2.05) is 0 Å². The van der Waals surface area contributed by atoms with Crippen molar-refractivity contribution >= 4 is 5.97 Å². The van der Waals surface area contributed by atoms with Crippen LogP contribution in [-0.4, -0.2) is 35.1 Å². The zero-order chi connectivity index (χ0) is 17.2. The summed E-state index contributed by atoms with van der Waals surface area (Å²) in [6, 6.07) is 0. The maximum atomic E-state index is 12.6. The van der Waals surface area contributed by atoms with E-state index in [9.17, 15) is 31.1 Å². The first-order chi connectivity index (χ1) is 9.13. The molecular weight excluding hydrogens is 306 g/mol. The van der Waals surface area contributed by atoms with Crippen LogP contribution in [0.3, 0.4) is 0 Å². The smallest absolute Gasteiger partial charge is 0.426 e. The van der Waals surface area contributed by atoms with Gasteiger partial charge in [0.15, 0.2) is 0 Å². The zero-order valence-corrected chi connectivity index (χ0v) is 11.2. The Balaban J connectivity index is 5.52. The number of carbonyl (C=O) groups excluding carboxylic acids is 1. The standard InChI is InChI=1S/C12H14F6O3/c1-6(2)8(21-9(19)7(3)4)5-10(20,11(13,14)15)12(16,17)18/h8,20H,1,3,5H2,2,4H3. The highest BCUT2D eigenvalue weighted by atomic mass is 19.4. The summed E-state index contributed by atoms with van der Waals surface area (Å²) in [5.41, 5.74) is -5.51. The molecular formula is C12H14F6O3. The minimum Gasteiger partial charge on any atom is -0.454 e. The van der Waals surface area contributed by atoms with Crippen molar-refractivity contribution in [1.29, 1.82) is 0 Å². The summed E-state index contributed by atoms with van der Waals surface area (Å²) >= 11 is 0. The monoisotopic (exact) mass is 320 g/mol. The van der Waals surface area contributed by atoms with Crippen molar-refractivity contribution < 1.29 is 41.0 Å². The summed E-state index contributed by atoms with van der Waals surface area (Å²) in [7, 11) is 0. The van der Waals surface area contributed by atoms with Gasteiger partial charge >= 0.3 is 18.3 Å². The molecule has 0 fully saturated rings. The van der Waals surface area contributed by atoms with Crippen molar-refractivity contribution in [3.8, 4) is 0 Å². The number of esters is 1. The van der Waals surface area contributed by atoms with Crippen LogP contribution in [0.15, 0.2) is 24.3 Å². The minimum absolute atomic E-state index is 0.219. The van der Waals surface area contributed by atoms with Crippen LogP contribution in [-0.2, 0) is 9.53 Å². The Bertz CT molecular complexity index is 421. The molecule has 0 bridgehead atoms. The number of carbonyl (C=O) groups is 1. The fraction of sp³-hybridized carbons (Fsp3) is 0.583. The first kappa shape index (κ1) is 19.5. The summed E-state index contributed by atoms with van der Waals surface area (Å²) in [6.45, 7) is 8.55. The third kappa shape index (κ3) is 4.48. The maximum absolute atomic E-state index is 12.6. The Labute approximate surface area is 116 Å². The van der Waals surface area contributed by atoms with Crippen LogP contribution in [0.25, 0.3) is 0 Å². The molecule has 0 aliphatic carbocycles. The fourth-order valence-electron chi connectivity index (χ4n) is 1.21. The second kappa shape index (κ2) is 6.08. The molecule has 122 valence electrons. The van der Waals surface area contributed by atoms with Gasteiger partial charge in [0.1, 0.15) is 6.10 Å². The van der Waals surface area contributed by atoms with Crippen molar-refractivity contribution in [2.45, 2.75) is 44.3 Å². The molecule has 1 unspecified atom stereocenters. The molecule has 0 aliphatic rings. The highest BCUT2D eigenvalue weighted by Gasteiger charge is 2.71. The summed E-state index contributed by atoms with van der Waals surface area (Å²) in [4.78, 5) is 11.2. The first-order valence-corrected chi connectivity index (χ1v) is 5.51. The molecule has 0 amide bonds. The predicted octanol–water partition coefficient (Wildman–Crippen LogP) is 3.30. The lowest BCUT2D eigenvalue weighted by atomic mass is 9.92. The number of aliphatic hydroxyl groups is 1. The lowest BCUT2D eigenvalue weighted by Crippen LogP contribution is -2.58. The number of alkyl halides is 6. The zero-order valence-electron chi connectivity index (χ0n) is 11.2. The normalized spacial score (nSPS) is 14.5. The van der Waals surface area contributed by atoms with Gasteiger partial charge in [-0.05, 0) is 19.4 Å². The summed E-state index contributed by atoms with van der Waals surface area (Å²) < 4.78 is 79.8. The van der Waals surface area contributed by atoms with Crippen LogP contribution < -0.4 is 0 Å². The molecule has 0 heterocycles. The molecule has 1 atom stereocenters. The molecule has 0 aliphatic heterocycles. The highest BCUT2D eigenvalue weighted by Crippen LogP contribution is 2.46. The minimum atomic E-state index is -5.99. The average Bonchev–Trinajstić information content (AvgIpc) is 2.24. The molecule has 3 nitrogen and oxygen atoms in total. The van der Waals surface area contributed by atoms with Crippen LogP contribution in [0, 0.1) is 0 Å². The lowest BCUT2D eigenvalue weighted by Gasteiger charge is -2.35. The van der Waals surface area contributed by atoms with Crippen LogP contribution in [0.4, 0.5) is 26.3 Å². The van der Waals surface area contributed by atoms with Crippen LogP contribution >= 0.6 is 0 Å². The van der Waals surface area contributed by atoms with Gasteiger partial charge in [-0.25, -0.2) is 4.79 Å². The molecule has 1 N–H and O–H groups in total. The Morgan fingerprint density at radius 1 is 1.10 bits per heavy atom. The molecule has 9 heteroatoms. The van der Waals surface area contributed by atoms with Crippen LogP contribution in [0.5, 0.6) is 0 Å². The molecule has 0 saturated carbocycles. The Hall–Kier alpha value is -1.51. The summed E-state index contributed by atoms with van der Waals surface area (Å²) in [6.07, 6.45) is -15.9. The van der Waals surface area contributed by atoms with Crippen molar-refractivity contribution in [3.63, 3.8) is 0 Å². The summed E-state index contributed by atoms with van der Waals surface area (Å²) in [5.74, 6) is -1.19. The topological polar surface area (TPSA) is 46.5 Å². The summed E-state index contributed by atoms with van der Waals surface area (Å²) in [5, 5.41) is 9.05. The molecule has 0 aromatic carbocycles. The molecule has 0 saturated heterocycles. The molecule has 21 heavy (non-hydrogen) atoms. The lowest BCUT2D eigenvalue weighted by molar-refractivity contribution is -0.373. The van der Waals surface area contributed by atoms with E-state index < -0.39 is 36.4 Å². The molecule has 0 aromatic heterocycles.